The van der Waals surface area contributed by atoms with Crippen molar-refractivity contribution in [1.82, 2.24) is 9.97 Å². The van der Waals surface area contributed by atoms with E-state index in [1.54, 1.807) is 0 Å². The molecule has 3 aromatic rings. The minimum Gasteiger partial charge on any atom is -0.378 e. The van der Waals surface area contributed by atoms with Crippen LogP contribution in [0.15, 0.2) is 60.7 Å². The number of halogens is 3. The van der Waals surface area contributed by atoms with Crippen molar-refractivity contribution in [3.63, 3.8) is 0 Å². The summed E-state index contributed by atoms with van der Waals surface area (Å²) in [5.74, 6) is 1.07. The Balaban J connectivity index is 1.66. The summed E-state index contributed by atoms with van der Waals surface area (Å²) in [7, 11) is 0. The van der Waals surface area contributed by atoms with Crippen molar-refractivity contribution in [2.45, 2.75) is 6.18 Å². The van der Waals surface area contributed by atoms with Gasteiger partial charge in [0.25, 0.3) is 0 Å². The van der Waals surface area contributed by atoms with Crippen LogP contribution in [0.25, 0.3) is 11.3 Å². The lowest BCUT2D eigenvalue weighted by Gasteiger charge is -2.28. The molecule has 29 heavy (non-hydrogen) atoms. The zero-order valence-electron chi connectivity index (χ0n) is 15.5. The van der Waals surface area contributed by atoms with Crippen LogP contribution in [0.5, 0.6) is 0 Å². The first-order chi connectivity index (χ1) is 14.0. The van der Waals surface area contributed by atoms with Crippen molar-refractivity contribution in [1.29, 1.82) is 0 Å². The highest BCUT2D eigenvalue weighted by Gasteiger charge is 2.30. The quantitative estimate of drug-likeness (QED) is 0.685. The van der Waals surface area contributed by atoms with Gasteiger partial charge in [-0.05, 0) is 24.3 Å². The third kappa shape index (κ3) is 4.65. The predicted octanol–water partition coefficient (Wildman–Crippen LogP) is 4.74. The van der Waals surface area contributed by atoms with Gasteiger partial charge in [0.15, 0.2) is 0 Å². The number of rotatable bonds is 4. The average Bonchev–Trinajstić information content (AvgIpc) is 2.74. The Morgan fingerprint density at radius 1 is 0.897 bits per heavy atom. The van der Waals surface area contributed by atoms with Gasteiger partial charge >= 0.3 is 6.18 Å². The molecule has 5 nitrogen and oxygen atoms in total. The van der Waals surface area contributed by atoms with Crippen LogP contribution in [-0.4, -0.2) is 36.3 Å². The number of aromatic nitrogens is 2. The lowest BCUT2D eigenvalue weighted by molar-refractivity contribution is -0.137. The van der Waals surface area contributed by atoms with Crippen LogP contribution in [0.3, 0.4) is 0 Å². The maximum Gasteiger partial charge on any atom is 0.416 e. The van der Waals surface area contributed by atoms with E-state index in [0.717, 1.165) is 29.2 Å². The highest BCUT2D eigenvalue weighted by atomic mass is 19.4. The summed E-state index contributed by atoms with van der Waals surface area (Å²) in [4.78, 5) is 11.2. The van der Waals surface area contributed by atoms with Crippen LogP contribution in [0.2, 0.25) is 0 Å². The highest BCUT2D eigenvalue weighted by molar-refractivity contribution is 5.66. The number of nitrogens with zero attached hydrogens (tertiary/aromatic N) is 3. The molecule has 1 N–H and O–H groups in total. The summed E-state index contributed by atoms with van der Waals surface area (Å²) in [6.07, 6.45) is -4.37. The fourth-order valence-electron chi connectivity index (χ4n) is 3.07. The van der Waals surface area contributed by atoms with Crippen LogP contribution in [0, 0.1) is 0 Å². The molecule has 2 aromatic carbocycles. The molecule has 0 atom stereocenters. The van der Waals surface area contributed by atoms with Gasteiger partial charge in [-0.1, -0.05) is 30.3 Å². The molecule has 1 fully saturated rings. The molecule has 0 bridgehead atoms. The lowest BCUT2D eigenvalue weighted by atomic mass is 10.1. The molecule has 4 rings (SSSR count). The average molecular weight is 400 g/mol. The van der Waals surface area contributed by atoms with Crippen molar-refractivity contribution < 1.29 is 17.9 Å². The topological polar surface area (TPSA) is 50.3 Å². The molecule has 1 aromatic heterocycles. The van der Waals surface area contributed by atoms with Crippen LogP contribution in [0.1, 0.15) is 5.56 Å². The first-order valence-electron chi connectivity index (χ1n) is 9.20. The molecular weight excluding hydrogens is 381 g/mol. The minimum atomic E-state index is -4.37. The normalized spacial score (nSPS) is 14.7. The third-order valence-electron chi connectivity index (χ3n) is 4.59. The Bertz CT molecular complexity index is 956. The van der Waals surface area contributed by atoms with E-state index in [1.807, 2.05) is 36.4 Å². The van der Waals surface area contributed by atoms with Gasteiger partial charge in [-0.2, -0.15) is 18.2 Å². The number of hydrogen-bond acceptors (Lipinski definition) is 5. The summed E-state index contributed by atoms with van der Waals surface area (Å²) in [6, 6.07) is 16.4. The molecule has 2 heterocycles. The summed E-state index contributed by atoms with van der Waals surface area (Å²) < 4.78 is 43.8. The van der Waals surface area contributed by atoms with Gasteiger partial charge in [0, 0.05) is 30.4 Å². The van der Waals surface area contributed by atoms with Gasteiger partial charge < -0.3 is 15.0 Å². The van der Waals surface area contributed by atoms with Crippen molar-refractivity contribution in [2.75, 3.05) is 36.5 Å². The number of morpholine rings is 1. The molecule has 1 aliphatic rings. The van der Waals surface area contributed by atoms with Crippen molar-refractivity contribution in [2.24, 2.45) is 0 Å². The maximum atomic E-state index is 12.8. The summed E-state index contributed by atoms with van der Waals surface area (Å²) in [5.41, 5.74) is 1.45. The van der Waals surface area contributed by atoms with Gasteiger partial charge in [-0.25, -0.2) is 4.98 Å². The van der Waals surface area contributed by atoms with Crippen molar-refractivity contribution in [3.8, 4) is 11.3 Å². The van der Waals surface area contributed by atoms with Gasteiger partial charge in [-0.3, -0.25) is 0 Å². The number of alkyl halides is 3. The molecule has 8 heteroatoms. The van der Waals surface area contributed by atoms with Crippen molar-refractivity contribution in [3.05, 3.63) is 66.2 Å². The van der Waals surface area contributed by atoms with Gasteiger partial charge in [-0.15, -0.1) is 0 Å². The Labute approximate surface area is 166 Å². The molecular formula is C21H19F3N4O. The number of anilines is 3. The van der Waals surface area contributed by atoms with E-state index in [9.17, 15) is 13.2 Å². The van der Waals surface area contributed by atoms with Crippen LogP contribution in [-0.2, 0) is 10.9 Å². The van der Waals surface area contributed by atoms with E-state index in [2.05, 4.69) is 20.2 Å². The highest BCUT2D eigenvalue weighted by Crippen LogP contribution is 2.31. The smallest absolute Gasteiger partial charge is 0.378 e. The van der Waals surface area contributed by atoms with Crippen molar-refractivity contribution >= 4 is 17.5 Å². The number of benzene rings is 2. The van der Waals surface area contributed by atoms with Gasteiger partial charge in [0.1, 0.15) is 5.82 Å². The second-order valence-corrected chi connectivity index (χ2v) is 6.60. The zero-order chi connectivity index (χ0) is 20.3. The Morgan fingerprint density at radius 3 is 2.24 bits per heavy atom. The van der Waals surface area contributed by atoms with E-state index < -0.39 is 11.7 Å². The Kier molecular flexibility index (Phi) is 5.35. The van der Waals surface area contributed by atoms with Gasteiger partial charge in [0.2, 0.25) is 5.95 Å². The first-order valence-corrected chi connectivity index (χ1v) is 9.20. The molecule has 0 spiro atoms. The van der Waals surface area contributed by atoms with Crippen LogP contribution in [0.4, 0.5) is 30.6 Å². The Hall–Kier alpha value is -3.13. The molecule has 150 valence electrons. The minimum absolute atomic E-state index is 0.326. The maximum absolute atomic E-state index is 12.8. The molecule has 1 aliphatic heterocycles. The third-order valence-corrected chi connectivity index (χ3v) is 4.59. The van der Waals surface area contributed by atoms with E-state index >= 15 is 0 Å². The molecule has 0 radical (unpaired) electrons. The Morgan fingerprint density at radius 2 is 1.59 bits per heavy atom. The first kappa shape index (κ1) is 19.2. The summed E-state index contributed by atoms with van der Waals surface area (Å²) in [5, 5.41) is 3.02. The molecule has 0 saturated carbocycles. The zero-order valence-corrected chi connectivity index (χ0v) is 15.5. The fraction of sp³-hybridized carbons (Fsp3) is 0.238. The molecule has 1 saturated heterocycles. The van der Waals surface area contributed by atoms with E-state index in [4.69, 9.17) is 4.74 Å². The monoisotopic (exact) mass is 400 g/mol. The molecule has 0 amide bonds. The van der Waals surface area contributed by atoms with Crippen LogP contribution >= 0.6 is 0 Å². The summed E-state index contributed by atoms with van der Waals surface area (Å²) >= 11 is 0. The molecule has 0 aliphatic carbocycles. The van der Waals surface area contributed by atoms with Crippen LogP contribution < -0.4 is 10.2 Å². The van der Waals surface area contributed by atoms with E-state index in [-0.39, 0.29) is 0 Å². The summed E-state index contributed by atoms with van der Waals surface area (Å²) in [6.45, 7) is 2.66. The largest absolute Gasteiger partial charge is 0.416 e. The number of hydrogen-bond donors (Lipinski definition) is 1. The second kappa shape index (κ2) is 8.08. The molecule has 0 unspecified atom stereocenters. The lowest BCUT2D eigenvalue weighted by Crippen LogP contribution is -2.36. The van der Waals surface area contributed by atoms with E-state index in [0.29, 0.717) is 37.9 Å². The fourth-order valence-corrected chi connectivity index (χ4v) is 3.07. The second-order valence-electron chi connectivity index (χ2n) is 6.60. The van der Waals surface area contributed by atoms with Gasteiger partial charge in [0.05, 0.1) is 24.5 Å². The number of ether oxygens (including phenoxy) is 1. The predicted molar refractivity (Wildman–Crippen MR) is 105 cm³/mol. The SMILES string of the molecule is FC(F)(F)c1ccc(Nc2nc(-c3ccccc3)cc(N3CCOCC3)n2)cc1. The van der Waals surface area contributed by atoms with E-state index in [1.165, 1.54) is 12.1 Å². The number of nitrogens with one attached hydrogen (secondary N) is 1. The standard InChI is InChI=1S/C21H19F3N4O/c22-21(23,24)16-6-8-17(9-7-16)25-20-26-18(15-4-2-1-3-5-15)14-19(27-20)28-10-12-29-13-11-28/h1-9,14H,10-13H2,(H,25,26,27).